The van der Waals surface area contributed by atoms with Crippen LogP contribution in [0, 0.1) is 11.8 Å². The minimum atomic E-state index is 0.530. The van der Waals surface area contributed by atoms with Gasteiger partial charge in [0.25, 0.3) is 0 Å². The summed E-state index contributed by atoms with van der Waals surface area (Å²) in [6.07, 6.45) is 11.4. The fraction of sp³-hybridized carbons (Fsp3) is 1.00. The van der Waals surface area contributed by atoms with Crippen LogP contribution >= 0.6 is 0 Å². The van der Waals surface area contributed by atoms with Gasteiger partial charge in [-0.15, -0.1) is 0 Å². The van der Waals surface area contributed by atoms with Crippen molar-refractivity contribution in [2.75, 3.05) is 13.7 Å². The highest BCUT2D eigenvalue weighted by molar-refractivity contribution is 4.79. The van der Waals surface area contributed by atoms with Crippen molar-refractivity contribution in [2.45, 2.75) is 70.4 Å². The van der Waals surface area contributed by atoms with Gasteiger partial charge in [-0.1, -0.05) is 19.8 Å². The van der Waals surface area contributed by atoms with Crippen molar-refractivity contribution >= 4 is 0 Å². The van der Waals surface area contributed by atoms with Crippen molar-refractivity contribution in [1.82, 2.24) is 5.32 Å². The van der Waals surface area contributed by atoms with Gasteiger partial charge < -0.3 is 10.1 Å². The quantitative estimate of drug-likeness (QED) is 0.812. The first kappa shape index (κ1) is 13.4. The minimum absolute atomic E-state index is 0.530. The van der Waals surface area contributed by atoms with E-state index < -0.39 is 0 Å². The standard InChI is InChI=1S/C15H29NO/c1-12-4-3-5-13(10-12)11-16-14-6-8-15(17-2)9-7-14/h12-16H,3-11H2,1-2H3. The predicted molar refractivity (Wildman–Crippen MR) is 72.2 cm³/mol. The van der Waals surface area contributed by atoms with Crippen molar-refractivity contribution in [3.8, 4) is 0 Å². The van der Waals surface area contributed by atoms with Crippen LogP contribution in [0.5, 0.6) is 0 Å². The van der Waals surface area contributed by atoms with Gasteiger partial charge in [-0.25, -0.2) is 0 Å². The zero-order valence-electron chi connectivity index (χ0n) is 11.6. The molecule has 2 aliphatic rings. The highest BCUT2D eigenvalue weighted by Crippen LogP contribution is 2.28. The van der Waals surface area contributed by atoms with Gasteiger partial charge in [-0.3, -0.25) is 0 Å². The Morgan fingerprint density at radius 1 is 1.06 bits per heavy atom. The Morgan fingerprint density at radius 3 is 2.47 bits per heavy atom. The van der Waals surface area contributed by atoms with Crippen molar-refractivity contribution in [2.24, 2.45) is 11.8 Å². The molecule has 2 nitrogen and oxygen atoms in total. The molecule has 17 heavy (non-hydrogen) atoms. The zero-order valence-corrected chi connectivity index (χ0v) is 11.6. The third kappa shape index (κ3) is 4.26. The molecule has 0 spiro atoms. The summed E-state index contributed by atoms with van der Waals surface area (Å²) < 4.78 is 5.42. The molecule has 2 saturated carbocycles. The van der Waals surface area contributed by atoms with E-state index in [4.69, 9.17) is 4.74 Å². The fourth-order valence-corrected chi connectivity index (χ4v) is 3.58. The van der Waals surface area contributed by atoms with Gasteiger partial charge in [0.15, 0.2) is 0 Å². The molecule has 2 fully saturated rings. The van der Waals surface area contributed by atoms with E-state index in [0.717, 1.165) is 17.9 Å². The Labute approximate surface area is 107 Å². The molecule has 2 aliphatic carbocycles. The topological polar surface area (TPSA) is 21.3 Å². The van der Waals surface area contributed by atoms with Gasteiger partial charge in [-0.05, 0) is 56.9 Å². The minimum Gasteiger partial charge on any atom is -0.381 e. The molecule has 0 saturated heterocycles. The van der Waals surface area contributed by atoms with Crippen LogP contribution in [-0.4, -0.2) is 25.8 Å². The van der Waals surface area contributed by atoms with E-state index in [-0.39, 0.29) is 0 Å². The van der Waals surface area contributed by atoms with E-state index in [2.05, 4.69) is 12.2 Å². The molecule has 1 N–H and O–H groups in total. The van der Waals surface area contributed by atoms with E-state index in [0.29, 0.717) is 6.10 Å². The van der Waals surface area contributed by atoms with E-state index in [1.807, 2.05) is 7.11 Å². The normalized spacial score (nSPS) is 39.2. The number of methoxy groups -OCH3 is 1. The molecule has 0 amide bonds. The summed E-state index contributed by atoms with van der Waals surface area (Å²) in [5.41, 5.74) is 0. The fourth-order valence-electron chi connectivity index (χ4n) is 3.58. The number of rotatable bonds is 4. The SMILES string of the molecule is COC1CCC(NCC2CCCC(C)C2)CC1. The molecule has 0 aliphatic heterocycles. The van der Waals surface area contributed by atoms with Crippen LogP contribution in [-0.2, 0) is 4.74 Å². The molecule has 2 heteroatoms. The Balaban J connectivity index is 1.62. The molecule has 2 unspecified atom stereocenters. The van der Waals surface area contributed by atoms with Gasteiger partial charge >= 0.3 is 0 Å². The molecule has 0 heterocycles. The Hall–Kier alpha value is -0.0800. The molecule has 0 radical (unpaired) electrons. The monoisotopic (exact) mass is 239 g/mol. The second-order valence-corrected chi connectivity index (χ2v) is 6.26. The summed E-state index contributed by atoms with van der Waals surface area (Å²) in [7, 11) is 1.85. The van der Waals surface area contributed by atoms with Gasteiger partial charge in [0.1, 0.15) is 0 Å². The molecular weight excluding hydrogens is 210 g/mol. The van der Waals surface area contributed by atoms with E-state index in [1.54, 1.807) is 0 Å². The van der Waals surface area contributed by atoms with Crippen molar-refractivity contribution in [3.05, 3.63) is 0 Å². The Morgan fingerprint density at radius 2 is 1.82 bits per heavy atom. The third-order valence-electron chi connectivity index (χ3n) is 4.75. The molecule has 0 bridgehead atoms. The summed E-state index contributed by atoms with van der Waals surface area (Å²) >= 11 is 0. The largest absolute Gasteiger partial charge is 0.381 e. The lowest BCUT2D eigenvalue weighted by Gasteiger charge is -2.32. The maximum atomic E-state index is 5.42. The maximum Gasteiger partial charge on any atom is 0.0572 e. The number of ether oxygens (including phenoxy) is 1. The van der Waals surface area contributed by atoms with Crippen LogP contribution in [0.15, 0.2) is 0 Å². The first-order valence-corrected chi connectivity index (χ1v) is 7.54. The second kappa shape index (κ2) is 6.75. The van der Waals surface area contributed by atoms with Crippen LogP contribution in [0.25, 0.3) is 0 Å². The van der Waals surface area contributed by atoms with Gasteiger partial charge in [0.05, 0.1) is 6.10 Å². The number of nitrogens with one attached hydrogen (secondary N) is 1. The van der Waals surface area contributed by atoms with Gasteiger partial charge in [0, 0.05) is 13.2 Å². The molecule has 0 aromatic carbocycles. The van der Waals surface area contributed by atoms with Crippen LogP contribution < -0.4 is 5.32 Å². The molecule has 2 rings (SSSR count). The first-order chi connectivity index (χ1) is 8.28. The Kier molecular flexibility index (Phi) is 5.30. The molecular formula is C15H29NO. The van der Waals surface area contributed by atoms with Crippen LogP contribution in [0.1, 0.15) is 58.3 Å². The lowest BCUT2D eigenvalue weighted by atomic mass is 9.82. The number of hydrogen-bond acceptors (Lipinski definition) is 2. The lowest BCUT2D eigenvalue weighted by Crippen LogP contribution is -2.38. The highest BCUT2D eigenvalue weighted by atomic mass is 16.5. The summed E-state index contributed by atoms with van der Waals surface area (Å²) in [6, 6.07) is 0.763. The smallest absolute Gasteiger partial charge is 0.0572 e. The third-order valence-corrected chi connectivity index (χ3v) is 4.75. The second-order valence-electron chi connectivity index (χ2n) is 6.26. The molecule has 0 aromatic heterocycles. The summed E-state index contributed by atoms with van der Waals surface area (Å²) in [5, 5.41) is 3.80. The molecule has 100 valence electrons. The first-order valence-electron chi connectivity index (χ1n) is 7.54. The van der Waals surface area contributed by atoms with Crippen LogP contribution in [0.2, 0.25) is 0 Å². The Bertz CT molecular complexity index is 211. The van der Waals surface area contributed by atoms with E-state index in [9.17, 15) is 0 Å². The van der Waals surface area contributed by atoms with Crippen LogP contribution in [0.4, 0.5) is 0 Å². The number of hydrogen-bond donors (Lipinski definition) is 1. The maximum absolute atomic E-state index is 5.42. The molecule has 2 atom stereocenters. The lowest BCUT2D eigenvalue weighted by molar-refractivity contribution is 0.0617. The van der Waals surface area contributed by atoms with Crippen molar-refractivity contribution in [3.63, 3.8) is 0 Å². The summed E-state index contributed by atoms with van der Waals surface area (Å²) in [6.45, 7) is 3.67. The predicted octanol–water partition coefficient (Wildman–Crippen LogP) is 3.36. The van der Waals surface area contributed by atoms with Crippen LogP contribution in [0.3, 0.4) is 0 Å². The summed E-state index contributed by atoms with van der Waals surface area (Å²) in [4.78, 5) is 0. The van der Waals surface area contributed by atoms with E-state index >= 15 is 0 Å². The zero-order chi connectivity index (χ0) is 12.1. The highest BCUT2D eigenvalue weighted by Gasteiger charge is 2.23. The average molecular weight is 239 g/mol. The van der Waals surface area contributed by atoms with E-state index in [1.165, 1.54) is 57.9 Å². The van der Waals surface area contributed by atoms with Gasteiger partial charge in [0.2, 0.25) is 0 Å². The molecule has 0 aromatic rings. The van der Waals surface area contributed by atoms with Crippen molar-refractivity contribution in [1.29, 1.82) is 0 Å². The summed E-state index contributed by atoms with van der Waals surface area (Å²) in [5.74, 6) is 1.90. The van der Waals surface area contributed by atoms with Crippen molar-refractivity contribution < 1.29 is 4.74 Å². The average Bonchev–Trinajstić information content (AvgIpc) is 2.37. The van der Waals surface area contributed by atoms with Gasteiger partial charge in [-0.2, -0.15) is 0 Å².